The average molecular weight is 324 g/mol. The van der Waals surface area contributed by atoms with Crippen molar-refractivity contribution in [1.82, 2.24) is 10.6 Å². The molecular formula is C12H13ClF3N3O2. The van der Waals surface area contributed by atoms with Gasteiger partial charge in [-0.05, 0) is 18.2 Å². The van der Waals surface area contributed by atoms with E-state index >= 15 is 0 Å². The number of nitrogen functional groups attached to an aromatic ring is 1. The smallest absolute Gasteiger partial charge is 0.390 e. The maximum Gasteiger partial charge on any atom is 0.390 e. The number of carbonyl (C=O) groups excluding carboxylic acids is 2. The Morgan fingerprint density at radius 2 is 1.90 bits per heavy atom. The molecule has 4 N–H and O–H groups in total. The molecule has 5 nitrogen and oxygen atoms in total. The summed E-state index contributed by atoms with van der Waals surface area (Å²) in [6.07, 6.45) is -5.47. The lowest BCUT2D eigenvalue weighted by molar-refractivity contribution is -0.135. The van der Waals surface area contributed by atoms with E-state index in [0.29, 0.717) is 5.69 Å². The van der Waals surface area contributed by atoms with Crippen LogP contribution < -0.4 is 16.4 Å². The van der Waals surface area contributed by atoms with Crippen molar-refractivity contribution < 1.29 is 22.8 Å². The number of rotatable bonds is 5. The van der Waals surface area contributed by atoms with E-state index in [1.807, 2.05) is 5.32 Å². The zero-order chi connectivity index (χ0) is 16.0. The molecule has 0 saturated carbocycles. The minimum atomic E-state index is -4.34. The number of hydrogen-bond donors (Lipinski definition) is 3. The number of nitrogens with one attached hydrogen (secondary N) is 2. The first-order valence-electron chi connectivity index (χ1n) is 5.86. The molecule has 0 aliphatic heterocycles. The summed E-state index contributed by atoms with van der Waals surface area (Å²) in [6.45, 7) is -1.00. The van der Waals surface area contributed by atoms with Crippen LogP contribution in [0.4, 0.5) is 18.9 Å². The number of alkyl halides is 3. The Morgan fingerprint density at radius 3 is 2.52 bits per heavy atom. The number of anilines is 1. The van der Waals surface area contributed by atoms with Gasteiger partial charge < -0.3 is 16.4 Å². The van der Waals surface area contributed by atoms with E-state index in [1.165, 1.54) is 18.2 Å². The van der Waals surface area contributed by atoms with Gasteiger partial charge in [-0.2, -0.15) is 13.2 Å². The minimum absolute atomic E-state index is 0.0831. The van der Waals surface area contributed by atoms with Gasteiger partial charge in [-0.3, -0.25) is 9.59 Å². The molecule has 0 heterocycles. The minimum Gasteiger partial charge on any atom is -0.399 e. The van der Waals surface area contributed by atoms with E-state index < -0.39 is 37.5 Å². The molecule has 0 fully saturated rings. The van der Waals surface area contributed by atoms with Crippen molar-refractivity contribution in [2.45, 2.75) is 12.6 Å². The molecule has 0 aliphatic rings. The summed E-state index contributed by atoms with van der Waals surface area (Å²) >= 11 is 5.80. The molecule has 21 heavy (non-hydrogen) atoms. The average Bonchev–Trinajstić information content (AvgIpc) is 2.37. The van der Waals surface area contributed by atoms with Crippen molar-refractivity contribution in [3.63, 3.8) is 0 Å². The number of hydrogen-bond acceptors (Lipinski definition) is 3. The van der Waals surface area contributed by atoms with Crippen molar-refractivity contribution in [1.29, 1.82) is 0 Å². The molecule has 0 saturated heterocycles. The zero-order valence-corrected chi connectivity index (χ0v) is 11.5. The Balaban J connectivity index is 2.42. The van der Waals surface area contributed by atoms with E-state index in [0.717, 1.165) is 0 Å². The number of amides is 2. The van der Waals surface area contributed by atoms with Gasteiger partial charge in [0.05, 0.1) is 23.6 Å². The summed E-state index contributed by atoms with van der Waals surface area (Å²) in [5.41, 5.74) is 5.91. The highest BCUT2D eigenvalue weighted by Gasteiger charge is 2.26. The molecule has 1 aromatic rings. The Hall–Kier alpha value is -1.96. The first kappa shape index (κ1) is 17.1. The highest BCUT2D eigenvalue weighted by atomic mass is 35.5. The predicted octanol–water partition coefficient (Wildman–Crippen LogP) is 1.72. The van der Waals surface area contributed by atoms with Crippen LogP contribution in [0.5, 0.6) is 0 Å². The van der Waals surface area contributed by atoms with Crippen LogP contribution in [-0.2, 0) is 4.79 Å². The fourth-order valence-electron chi connectivity index (χ4n) is 1.38. The number of carbonyl (C=O) groups is 2. The SMILES string of the molecule is Nc1ccc(Cl)c(C(=O)NCC(=O)NCCC(F)(F)F)c1. The van der Waals surface area contributed by atoms with Crippen LogP contribution in [0.1, 0.15) is 16.8 Å². The van der Waals surface area contributed by atoms with Crippen LogP contribution in [0.3, 0.4) is 0 Å². The highest BCUT2D eigenvalue weighted by molar-refractivity contribution is 6.34. The third kappa shape index (κ3) is 6.35. The lowest BCUT2D eigenvalue weighted by Gasteiger charge is -2.09. The summed E-state index contributed by atoms with van der Waals surface area (Å²) in [4.78, 5) is 23.0. The van der Waals surface area contributed by atoms with E-state index in [-0.39, 0.29) is 10.6 Å². The Bertz CT molecular complexity index is 535. The number of benzene rings is 1. The molecule has 0 spiro atoms. The Morgan fingerprint density at radius 1 is 1.24 bits per heavy atom. The summed E-state index contributed by atoms with van der Waals surface area (Å²) in [5.74, 6) is -1.37. The van der Waals surface area contributed by atoms with Crippen molar-refractivity contribution >= 4 is 29.1 Å². The van der Waals surface area contributed by atoms with Gasteiger partial charge in [-0.1, -0.05) is 11.6 Å². The Labute approximate surface area is 123 Å². The Kier molecular flexibility index (Phi) is 5.83. The maximum absolute atomic E-state index is 11.9. The molecular weight excluding hydrogens is 311 g/mol. The van der Waals surface area contributed by atoms with Crippen LogP contribution in [-0.4, -0.2) is 31.1 Å². The second-order valence-corrected chi connectivity index (χ2v) is 4.54. The molecule has 0 bridgehead atoms. The van der Waals surface area contributed by atoms with Crippen molar-refractivity contribution in [3.8, 4) is 0 Å². The molecule has 9 heteroatoms. The number of halogens is 4. The predicted molar refractivity (Wildman–Crippen MR) is 71.9 cm³/mol. The van der Waals surface area contributed by atoms with Gasteiger partial charge in [0.1, 0.15) is 0 Å². The lowest BCUT2D eigenvalue weighted by atomic mass is 10.2. The summed E-state index contributed by atoms with van der Waals surface area (Å²) in [5, 5.41) is 4.43. The molecule has 116 valence electrons. The third-order valence-corrected chi connectivity index (χ3v) is 2.70. The van der Waals surface area contributed by atoms with Crippen LogP contribution in [0, 0.1) is 0 Å². The van der Waals surface area contributed by atoms with E-state index in [9.17, 15) is 22.8 Å². The maximum atomic E-state index is 11.9. The van der Waals surface area contributed by atoms with Crippen LogP contribution in [0.2, 0.25) is 5.02 Å². The van der Waals surface area contributed by atoms with Gasteiger partial charge in [-0.25, -0.2) is 0 Å². The molecule has 0 radical (unpaired) electrons. The molecule has 0 aromatic heterocycles. The number of nitrogens with two attached hydrogens (primary N) is 1. The normalized spacial score (nSPS) is 11.0. The van der Waals surface area contributed by atoms with Crippen LogP contribution in [0.15, 0.2) is 18.2 Å². The topological polar surface area (TPSA) is 84.2 Å². The molecule has 2 amide bonds. The summed E-state index contributed by atoms with van der Waals surface area (Å²) in [7, 11) is 0. The fraction of sp³-hybridized carbons (Fsp3) is 0.333. The van der Waals surface area contributed by atoms with Gasteiger partial charge in [0.15, 0.2) is 0 Å². The van der Waals surface area contributed by atoms with Crippen molar-refractivity contribution in [3.05, 3.63) is 28.8 Å². The fourth-order valence-corrected chi connectivity index (χ4v) is 1.58. The monoisotopic (exact) mass is 323 g/mol. The largest absolute Gasteiger partial charge is 0.399 e. The standard InChI is InChI=1S/C12H13ClF3N3O2/c13-9-2-1-7(17)5-8(9)11(21)19-6-10(20)18-4-3-12(14,15)16/h1-2,5H,3-4,6,17H2,(H,18,20)(H,19,21). The highest BCUT2D eigenvalue weighted by Crippen LogP contribution is 2.19. The third-order valence-electron chi connectivity index (χ3n) is 2.38. The molecule has 0 aliphatic carbocycles. The summed E-state index contributed by atoms with van der Waals surface area (Å²) in [6, 6.07) is 4.26. The van der Waals surface area contributed by atoms with Gasteiger partial charge >= 0.3 is 6.18 Å². The van der Waals surface area contributed by atoms with Crippen LogP contribution >= 0.6 is 11.6 Å². The lowest BCUT2D eigenvalue weighted by Crippen LogP contribution is -2.38. The first-order chi connectivity index (χ1) is 9.69. The van der Waals surface area contributed by atoms with Crippen LogP contribution in [0.25, 0.3) is 0 Å². The second kappa shape index (κ2) is 7.16. The summed E-state index contributed by atoms with van der Waals surface area (Å²) < 4.78 is 35.6. The second-order valence-electron chi connectivity index (χ2n) is 4.14. The van der Waals surface area contributed by atoms with E-state index in [4.69, 9.17) is 17.3 Å². The van der Waals surface area contributed by atoms with Gasteiger partial charge in [0, 0.05) is 12.2 Å². The van der Waals surface area contributed by atoms with E-state index in [1.54, 1.807) is 0 Å². The first-order valence-corrected chi connectivity index (χ1v) is 6.23. The van der Waals surface area contributed by atoms with Crippen molar-refractivity contribution in [2.75, 3.05) is 18.8 Å². The van der Waals surface area contributed by atoms with Gasteiger partial charge in [-0.15, -0.1) is 0 Å². The molecule has 1 aromatic carbocycles. The quantitative estimate of drug-likeness (QED) is 0.721. The van der Waals surface area contributed by atoms with E-state index in [2.05, 4.69) is 5.32 Å². The van der Waals surface area contributed by atoms with Gasteiger partial charge in [0.25, 0.3) is 5.91 Å². The molecule has 1 rings (SSSR count). The zero-order valence-electron chi connectivity index (χ0n) is 10.8. The molecule has 0 unspecified atom stereocenters. The molecule has 0 atom stereocenters. The van der Waals surface area contributed by atoms with Crippen molar-refractivity contribution in [2.24, 2.45) is 0 Å². The van der Waals surface area contributed by atoms with Gasteiger partial charge in [0.2, 0.25) is 5.91 Å².